The molecule has 5 nitrogen and oxygen atoms in total. The lowest BCUT2D eigenvalue weighted by atomic mass is 9.92. The predicted octanol–water partition coefficient (Wildman–Crippen LogP) is 2.77. The van der Waals surface area contributed by atoms with Gasteiger partial charge in [-0.2, -0.15) is 5.10 Å². The number of carbonyl (C=O) groups excluding carboxylic acids is 1. The van der Waals surface area contributed by atoms with Gasteiger partial charge in [0.1, 0.15) is 11.9 Å². The minimum absolute atomic E-state index is 0.0426. The first kappa shape index (κ1) is 18.1. The predicted molar refractivity (Wildman–Crippen MR) is 92.0 cm³/mol. The van der Waals surface area contributed by atoms with Crippen molar-refractivity contribution in [2.24, 2.45) is 0 Å². The summed E-state index contributed by atoms with van der Waals surface area (Å²) >= 11 is 0. The second kappa shape index (κ2) is 7.13. The molecule has 2 N–H and O–H groups in total. The Morgan fingerprint density at radius 2 is 1.92 bits per heavy atom. The average molecular weight is 332 g/mol. The molecule has 1 atom stereocenters. The fraction of sp³-hybridized carbons (Fsp3) is 0.444. The number of rotatable bonds is 5. The number of hydrogen-bond acceptors (Lipinski definition) is 3. The quantitative estimate of drug-likeness (QED) is 0.885. The van der Waals surface area contributed by atoms with Gasteiger partial charge in [-0.05, 0) is 37.9 Å². The Balaban J connectivity index is 2.06. The normalized spacial score (nSPS) is 13.1. The SMILES string of the molecule is CN(C)[C@H](C(=O)NCc1cc(C(C)(C)C)n[nH]1)c1ccc(F)cc1. The number of H-pyrrole nitrogens is 1. The Bertz CT molecular complexity index is 686. The Morgan fingerprint density at radius 1 is 1.29 bits per heavy atom. The van der Waals surface area contributed by atoms with E-state index in [0.717, 1.165) is 17.0 Å². The molecule has 0 aliphatic heterocycles. The maximum absolute atomic E-state index is 13.1. The van der Waals surface area contributed by atoms with Crippen molar-refractivity contribution in [3.05, 3.63) is 53.1 Å². The minimum Gasteiger partial charge on any atom is -0.349 e. The van der Waals surface area contributed by atoms with Crippen LogP contribution >= 0.6 is 0 Å². The molecule has 0 saturated heterocycles. The summed E-state index contributed by atoms with van der Waals surface area (Å²) in [5.74, 6) is -0.456. The van der Waals surface area contributed by atoms with Gasteiger partial charge in [0, 0.05) is 5.41 Å². The highest BCUT2D eigenvalue weighted by Gasteiger charge is 2.23. The number of benzene rings is 1. The summed E-state index contributed by atoms with van der Waals surface area (Å²) in [5.41, 5.74) is 2.51. The molecule has 0 unspecified atom stereocenters. The molecular weight excluding hydrogens is 307 g/mol. The molecule has 1 aromatic carbocycles. The molecule has 0 bridgehead atoms. The van der Waals surface area contributed by atoms with Crippen LogP contribution in [0.2, 0.25) is 0 Å². The molecule has 0 fully saturated rings. The van der Waals surface area contributed by atoms with E-state index in [1.807, 2.05) is 20.2 Å². The maximum Gasteiger partial charge on any atom is 0.242 e. The monoisotopic (exact) mass is 332 g/mol. The van der Waals surface area contributed by atoms with Crippen LogP contribution in [0.1, 0.15) is 43.8 Å². The van der Waals surface area contributed by atoms with E-state index in [0.29, 0.717) is 6.54 Å². The zero-order valence-electron chi connectivity index (χ0n) is 14.9. The lowest BCUT2D eigenvalue weighted by molar-refractivity contribution is -0.126. The fourth-order valence-electron chi connectivity index (χ4n) is 2.44. The van der Waals surface area contributed by atoms with Crippen molar-refractivity contribution >= 4 is 5.91 Å². The van der Waals surface area contributed by atoms with Crippen LogP contribution in [0.3, 0.4) is 0 Å². The van der Waals surface area contributed by atoms with Crippen molar-refractivity contribution in [2.45, 2.75) is 38.8 Å². The van der Waals surface area contributed by atoms with Crippen molar-refractivity contribution in [3.8, 4) is 0 Å². The number of nitrogens with one attached hydrogen (secondary N) is 2. The Morgan fingerprint density at radius 3 is 2.42 bits per heavy atom. The number of nitrogens with zero attached hydrogens (tertiary/aromatic N) is 2. The van der Waals surface area contributed by atoms with Gasteiger partial charge in [-0.15, -0.1) is 0 Å². The third-order valence-corrected chi connectivity index (χ3v) is 3.80. The van der Waals surface area contributed by atoms with Crippen molar-refractivity contribution < 1.29 is 9.18 Å². The van der Waals surface area contributed by atoms with Gasteiger partial charge in [0.25, 0.3) is 0 Å². The second-order valence-electron chi connectivity index (χ2n) is 7.16. The molecule has 1 amide bonds. The second-order valence-corrected chi connectivity index (χ2v) is 7.16. The summed E-state index contributed by atoms with van der Waals surface area (Å²) in [7, 11) is 3.64. The summed E-state index contributed by atoms with van der Waals surface area (Å²) in [4.78, 5) is 14.4. The molecule has 1 aromatic heterocycles. The highest BCUT2D eigenvalue weighted by atomic mass is 19.1. The van der Waals surface area contributed by atoms with Crippen LogP contribution in [0, 0.1) is 5.82 Å². The topological polar surface area (TPSA) is 61.0 Å². The van der Waals surface area contributed by atoms with Crippen LogP contribution < -0.4 is 5.32 Å². The van der Waals surface area contributed by atoms with Gasteiger partial charge in [0.15, 0.2) is 0 Å². The summed E-state index contributed by atoms with van der Waals surface area (Å²) in [6.45, 7) is 6.62. The number of aromatic nitrogens is 2. The molecule has 0 radical (unpaired) electrons. The largest absolute Gasteiger partial charge is 0.349 e. The van der Waals surface area contributed by atoms with Crippen molar-refractivity contribution in [1.82, 2.24) is 20.4 Å². The van der Waals surface area contributed by atoms with Gasteiger partial charge in [-0.1, -0.05) is 32.9 Å². The Labute approximate surface area is 142 Å². The first-order chi connectivity index (χ1) is 11.2. The molecule has 2 rings (SSSR count). The van der Waals surface area contributed by atoms with Crippen LogP contribution in [0.5, 0.6) is 0 Å². The number of amides is 1. The Kier molecular flexibility index (Phi) is 5.39. The van der Waals surface area contributed by atoms with Gasteiger partial charge < -0.3 is 5.32 Å². The van der Waals surface area contributed by atoms with E-state index in [1.54, 1.807) is 17.0 Å². The molecule has 0 aliphatic carbocycles. The number of aromatic amines is 1. The van der Waals surface area contributed by atoms with E-state index < -0.39 is 6.04 Å². The Hall–Kier alpha value is -2.21. The van der Waals surface area contributed by atoms with Crippen LogP contribution in [0.15, 0.2) is 30.3 Å². The summed E-state index contributed by atoms with van der Waals surface area (Å²) in [5, 5.41) is 10.2. The van der Waals surface area contributed by atoms with E-state index in [9.17, 15) is 9.18 Å². The lowest BCUT2D eigenvalue weighted by Gasteiger charge is -2.23. The van der Waals surface area contributed by atoms with Crippen LogP contribution in [0.25, 0.3) is 0 Å². The molecule has 0 saturated carbocycles. The van der Waals surface area contributed by atoms with E-state index in [1.165, 1.54) is 12.1 Å². The number of hydrogen-bond donors (Lipinski definition) is 2. The number of halogens is 1. The smallest absolute Gasteiger partial charge is 0.242 e. The summed E-state index contributed by atoms with van der Waals surface area (Å²) in [6.07, 6.45) is 0. The summed E-state index contributed by atoms with van der Waals surface area (Å²) < 4.78 is 13.1. The van der Waals surface area contributed by atoms with Gasteiger partial charge in [0.05, 0.1) is 17.9 Å². The lowest BCUT2D eigenvalue weighted by Crippen LogP contribution is -2.36. The molecule has 130 valence electrons. The van der Waals surface area contributed by atoms with E-state index in [4.69, 9.17) is 0 Å². The van der Waals surface area contributed by atoms with Crippen LogP contribution in [0.4, 0.5) is 4.39 Å². The summed E-state index contributed by atoms with van der Waals surface area (Å²) in [6, 6.07) is 7.48. The third-order valence-electron chi connectivity index (χ3n) is 3.80. The van der Waals surface area contributed by atoms with E-state index >= 15 is 0 Å². The van der Waals surface area contributed by atoms with E-state index in [2.05, 4.69) is 36.3 Å². The molecule has 24 heavy (non-hydrogen) atoms. The average Bonchev–Trinajstić information content (AvgIpc) is 2.96. The minimum atomic E-state index is -0.476. The standard InChI is InChI=1S/C18H25FN4O/c1-18(2,3)15-10-14(21-22-15)11-20-17(24)16(23(4)5)12-6-8-13(19)9-7-12/h6-10,16H,11H2,1-5H3,(H,20,24)(H,21,22)/t16-/m0/s1. The first-order valence-electron chi connectivity index (χ1n) is 7.93. The van der Waals surface area contributed by atoms with Gasteiger partial charge in [-0.25, -0.2) is 4.39 Å². The zero-order chi connectivity index (χ0) is 17.9. The van der Waals surface area contributed by atoms with E-state index in [-0.39, 0.29) is 17.1 Å². The number of likely N-dealkylation sites (N-methyl/N-ethyl adjacent to an activating group) is 1. The molecular formula is C18H25FN4O. The van der Waals surface area contributed by atoms with Crippen molar-refractivity contribution in [3.63, 3.8) is 0 Å². The highest BCUT2D eigenvalue weighted by Crippen LogP contribution is 2.21. The number of carbonyl (C=O) groups is 1. The van der Waals surface area contributed by atoms with Crippen molar-refractivity contribution in [1.29, 1.82) is 0 Å². The fourth-order valence-corrected chi connectivity index (χ4v) is 2.44. The van der Waals surface area contributed by atoms with Gasteiger partial charge >= 0.3 is 0 Å². The third kappa shape index (κ3) is 4.41. The highest BCUT2D eigenvalue weighted by molar-refractivity contribution is 5.83. The van der Waals surface area contributed by atoms with Crippen LogP contribution in [-0.4, -0.2) is 35.1 Å². The molecule has 0 spiro atoms. The maximum atomic E-state index is 13.1. The van der Waals surface area contributed by atoms with Crippen molar-refractivity contribution in [2.75, 3.05) is 14.1 Å². The van der Waals surface area contributed by atoms with Gasteiger partial charge in [0.2, 0.25) is 5.91 Å². The van der Waals surface area contributed by atoms with Crippen LogP contribution in [-0.2, 0) is 16.8 Å². The first-order valence-corrected chi connectivity index (χ1v) is 7.93. The molecule has 0 aliphatic rings. The molecule has 1 heterocycles. The molecule has 2 aromatic rings. The molecule has 6 heteroatoms. The zero-order valence-corrected chi connectivity index (χ0v) is 14.9. The van der Waals surface area contributed by atoms with Gasteiger partial charge in [-0.3, -0.25) is 14.8 Å².